The van der Waals surface area contributed by atoms with Crippen LogP contribution in [0.1, 0.15) is 18.4 Å². The van der Waals surface area contributed by atoms with Crippen LogP contribution < -0.4 is 0 Å². The van der Waals surface area contributed by atoms with Crippen molar-refractivity contribution in [2.45, 2.75) is 25.4 Å². The van der Waals surface area contributed by atoms with Crippen LogP contribution in [0.25, 0.3) is 0 Å². The molecule has 1 aromatic rings. The minimum atomic E-state index is -0.493. The molecule has 1 atom stereocenters. The van der Waals surface area contributed by atoms with Crippen LogP contribution in [-0.2, 0) is 11.2 Å². The highest BCUT2D eigenvalue weighted by molar-refractivity contribution is 5.18. The van der Waals surface area contributed by atoms with Gasteiger partial charge in [-0.25, -0.2) is 0 Å². The van der Waals surface area contributed by atoms with Gasteiger partial charge < -0.3 is 9.84 Å². The second-order valence-corrected chi connectivity index (χ2v) is 3.80. The Hall–Kier alpha value is -1.28. The minimum absolute atomic E-state index is 0.493. The quantitative estimate of drug-likeness (QED) is 0.818. The molecule has 0 saturated carbocycles. The van der Waals surface area contributed by atoms with Crippen molar-refractivity contribution < 1.29 is 9.84 Å². The molecular weight excluding hydrogens is 188 g/mol. The van der Waals surface area contributed by atoms with Crippen LogP contribution in [0, 0.1) is 0 Å². The van der Waals surface area contributed by atoms with E-state index < -0.39 is 6.10 Å². The van der Waals surface area contributed by atoms with Crippen LogP contribution in [-0.4, -0.2) is 17.8 Å². The highest BCUT2D eigenvalue weighted by atomic mass is 16.5. The van der Waals surface area contributed by atoms with Crippen LogP contribution in [0.15, 0.2) is 42.2 Å². The van der Waals surface area contributed by atoms with Gasteiger partial charge in [0.25, 0.3) is 0 Å². The maximum atomic E-state index is 9.93. The summed E-state index contributed by atoms with van der Waals surface area (Å²) in [5.74, 6) is 0.741. The lowest BCUT2D eigenvalue weighted by atomic mass is 10.1. The molecule has 2 rings (SSSR count). The molecule has 0 saturated heterocycles. The molecule has 80 valence electrons. The molecule has 0 spiro atoms. The summed E-state index contributed by atoms with van der Waals surface area (Å²) in [6, 6.07) is 9.99. The van der Waals surface area contributed by atoms with E-state index in [1.807, 2.05) is 36.4 Å². The van der Waals surface area contributed by atoms with Crippen LogP contribution in [0.3, 0.4) is 0 Å². The fourth-order valence-electron chi connectivity index (χ4n) is 1.75. The molecule has 0 aromatic heterocycles. The van der Waals surface area contributed by atoms with Gasteiger partial charge in [-0.3, -0.25) is 0 Å². The SMILES string of the molecule is OC(Cc1ccccc1)C1=CCCCO1. The topological polar surface area (TPSA) is 29.5 Å². The molecule has 1 aromatic carbocycles. The smallest absolute Gasteiger partial charge is 0.121 e. The predicted octanol–water partition coefficient (Wildman–Crippen LogP) is 2.28. The van der Waals surface area contributed by atoms with Gasteiger partial charge in [0.1, 0.15) is 11.9 Å². The van der Waals surface area contributed by atoms with Gasteiger partial charge >= 0.3 is 0 Å². The van der Waals surface area contributed by atoms with Crippen molar-refractivity contribution in [3.63, 3.8) is 0 Å². The number of hydrogen-bond acceptors (Lipinski definition) is 2. The van der Waals surface area contributed by atoms with Crippen molar-refractivity contribution in [1.29, 1.82) is 0 Å². The lowest BCUT2D eigenvalue weighted by Crippen LogP contribution is -2.18. The van der Waals surface area contributed by atoms with Crippen molar-refractivity contribution in [3.05, 3.63) is 47.7 Å². The fraction of sp³-hybridized carbons (Fsp3) is 0.385. The standard InChI is InChI=1S/C13H16O2/c14-12(13-8-4-5-9-15-13)10-11-6-2-1-3-7-11/h1-3,6-8,12,14H,4-5,9-10H2. The summed E-state index contributed by atoms with van der Waals surface area (Å²) in [4.78, 5) is 0. The van der Waals surface area contributed by atoms with Gasteiger partial charge in [-0.05, 0) is 24.5 Å². The Bertz CT molecular complexity index is 330. The van der Waals surface area contributed by atoms with E-state index in [1.54, 1.807) is 0 Å². The zero-order valence-corrected chi connectivity index (χ0v) is 8.73. The highest BCUT2D eigenvalue weighted by Gasteiger charge is 2.14. The molecule has 2 nitrogen and oxygen atoms in total. The number of aliphatic hydroxyl groups is 1. The molecule has 1 aliphatic rings. The third-order valence-electron chi connectivity index (χ3n) is 2.56. The molecule has 1 heterocycles. The Morgan fingerprint density at radius 3 is 2.73 bits per heavy atom. The monoisotopic (exact) mass is 204 g/mol. The van der Waals surface area contributed by atoms with Crippen LogP contribution in [0.5, 0.6) is 0 Å². The lowest BCUT2D eigenvalue weighted by Gasteiger charge is -2.19. The zero-order valence-electron chi connectivity index (χ0n) is 8.73. The van der Waals surface area contributed by atoms with Crippen molar-refractivity contribution in [1.82, 2.24) is 0 Å². The third kappa shape index (κ3) is 2.83. The number of hydrogen-bond donors (Lipinski definition) is 1. The minimum Gasteiger partial charge on any atom is -0.495 e. The molecule has 0 bridgehead atoms. The second kappa shape index (κ2) is 4.99. The lowest BCUT2D eigenvalue weighted by molar-refractivity contribution is 0.0918. The summed E-state index contributed by atoms with van der Waals surface area (Å²) in [7, 11) is 0. The van der Waals surface area contributed by atoms with E-state index in [4.69, 9.17) is 4.74 Å². The maximum absolute atomic E-state index is 9.93. The Kier molecular flexibility index (Phi) is 3.41. The zero-order chi connectivity index (χ0) is 10.5. The summed E-state index contributed by atoms with van der Waals surface area (Å²) < 4.78 is 5.42. The summed E-state index contributed by atoms with van der Waals surface area (Å²) in [5, 5.41) is 9.93. The first kappa shape index (κ1) is 10.2. The largest absolute Gasteiger partial charge is 0.495 e. The molecule has 0 aliphatic carbocycles. The van der Waals surface area contributed by atoms with Crippen LogP contribution in [0.2, 0.25) is 0 Å². The number of allylic oxidation sites excluding steroid dienone is 1. The van der Waals surface area contributed by atoms with E-state index in [-0.39, 0.29) is 0 Å². The van der Waals surface area contributed by atoms with Gasteiger partial charge in [-0.1, -0.05) is 30.3 Å². The van der Waals surface area contributed by atoms with Crippen molar-refractivity contribution in [3.8, 4) is 0 Å². The summed E-state index contributed by atoms with van der Waals surface area (Å²) >= 11 is 0. The van der Waals surface area contributed by atoms with Gasteiger partial charge in [-0.15, -0.1) is 0 Å². The number of aliphatic hydroxyl groups excluding tert-OH is 1. The number of benzene rings is 1. The van der Waals surface area contributed by atoms with E-state index in [9.17, 15) is 5.11 Å². The first-order valence-electron chi connectivity index (χ1n) is 5.41. The Labute approximate surface area is 90.2 Å². The normalized spacial score (nSPS) is 17.8. The molecule has 2 heteroatoms. The Morgan fingerprint density at radius 2 is 2.07 bits per heavy atom. The van der Waals surface area contributed by atoms with Gasteiger partial charge in [0.05, 0.1) is 6.61 Å². The van der Waals surface area contributed by atoms with Crippen molar-refractivity contribution >= 4 is 0 Å². The summed E-state index contributed by atoms with van der Waals surface area (Å²) in [6.07, 6.45) is 4.21. The molecule has 1 N–H and O–H groups in total. The Morgan fingerprint density at radius 1 is 1.27 bits per heavy atom. The van der Waals surface area contributed by atoms with E-state index in [1.165, 1.54) is 0 Å². The maximum Gasteiger partial charge on any atom is 0.121 e. The van der Waals surface area contributed by atoms with E-state index >= 15 is 0 Å². The number of rotatable bonds is 3. The predicted molar refractivity (Wildman–Crippen MR) is 59.4 cm³/mol. The summed E-state index contributed by atoms with van der Waals surface area (Å²) in [5.41, 5.74) is 1.14. The highest BCUT2D eigenvalue weighted by Crippen LogP contribution is 2.16. The average molecular weight is 204 g/mol. The average Bonchev–Trinajstić information content (AvgIpc) is 2.31. The number of ether oxygens (including phenoxy) is 1. The fourth-order valence-corrected chi connectivity index (χ4v) is 1.75. The van der Waals surface area contributed by atoms with Crippen molar-refractivity contribution in [2.75, 3.05) is 6.61 Å². The second-order valence-electron chi connectivity index (χ2n) is 3.80. The summed E-state index contributed by atoms with van der Waals surface area (Å²) in [6.45, 7) is 0.734. The van der Waals surface area contributed by atoms with Gasteiger partial charge in [0.2, 0.25) is 0 Å². The van der Waals surface area contributed by atoms with Gasteiger partial charge in [-0.2, -0.15) is 0 Å². The molecule has 0 fully saturated rings. The third-order valence-corrected chi connectivity index (χ3v) is 2.56. The molecule has 1 aliphatic heterocycles. The molecule has 0 radical (unpaired) electrons. The Balaban J connectivity index is 1.97. The molecular formula is C13H16O2. The van der Waals surface area contributed by atoms with Gasteiger partial charge in [0.15, 0.2) is 0 Å². The van der Waals surface area contributed by atoms with Crippen molar-refractivity contribution in [2.24, 2.45) is 0 Å². The first-order chi connectivity index (χ1) is 7.36. The molecule has 1 unspecified atom stereocenters. The van der Waals surface area contributed by atoms with E-state index in [0.29, 0.717) is 6.42 Å². The molecule has 15 heavy (non-hydrogen) atoms. The van der Waals surface area contributed by atoms with Crippen LogP contribution in [0.4, 0.5) is 0 Å². The van der Waals surface area contributed by atoms with E-state index in [0.717, 1.165) is 30.8 Å². The van der Waals surface area contributed by atoms with E-state index in [2.05, 4.69) is 0 Å². The molecule has 0 amide bonds. The first-order valence-corrected chi connectivity index (χ1v) is 5.41. The van der Waals surface area contributed by atoms with Gasteiger partial charge in [0, 0.05) is 6.42 Å². The van der Waals surface area contributed by atoms with Crippen LogP contribution >= 0.6 is 0 Å².